The maximum atomic E-state index is 12.1. The smallest absolute Gasteiger partial charge is 0.261 e. The molecule has 0 aliphatic rings. The third-order valence-corrected chi connectivity index (χ3v) is 4.04. The zero-order chi connectivity index (χ0) is 15.1. The van der Waals surface area contributed by atoms with Gasteiger partial charge in [-0.15, -0.1) is 11.3 Å². The van der Waals surface area contributed by atoms with E-state index in [-0.39, 0.29) is 30.4 Å². The van der Waals surface area contributed by atoms with Crippen LogP contribution in [0.4, 0.5) is 0 Å². The van der Waals surface area contributed by atoms with Crippen LogP contribution in [-0.4, -0.2) is 29.6 Å². The zero-order valence-electron chi connectivity index (χ0n) is 12.1. The first kappa shape index (κ1) is 16.7. The van der Waals surface area contributed by atoms with Crippen LogP contribution in [0.1, 0.15) is 41.7 Å². The Morgan fingerprint density at radius 2 is 2.05 bits per heavy atom. The van der Waals surface area contributed by atoms with E-state index in [0.29, 0.717) is 17.8 Å². The molecule has 0 radical (unpaired) electrons. The van der Waals surface area contributed by atoms with Crippen molar-refractivity contribution >= 4 is 23.2 Å². The molecule has 1 unspecified atom stereocenters. The predicted molar refractivity (Wildman–Crippen MR) is 79.6 cm³/mol. The lowest BCUT2D eigenvalue weighted by Crippen LogP contribution is -2.38. The van der Waals surface area contributed by atoms with Crippen LogP contribution in [0.15, 0.2) is 12.1 Å². The van der Waals surface area contributed by atoms with Crippen LogP contribution in [0.5, 0.6) is 0 Å². The molecule has 5 nitrogen and oxygen atoms in total. The molecule has 0 spiro atoms. The van der Waals surface area contributed by atoms with Crippen molar-refractivity contribution in [1.82, 2.24) is 10.6 Å². The standard InChI is InChI=1S/C14H22N2O3S/c1-9(2)12(6-7-17)16-14(19)13-5-4-11(20-13)8-15-10(3)18/h4-5,9,12,17H,6-8H2,1-3H3,(H,15,18)(H,16,19). The van der Waals surface area contributed by atoms with E-state index in [9.17, 15) is 9.59 Å². The molecule has 1 aromatic heterocycles. The van der Waals surface area contributed by atoms with Crippen LogP contribution in [-0.2, 0) is 11.3 Å². The van der Waals surface area contributed by atoms with Crippen LogP contribution < -0.4 is 10.6 Å². The lowest BCUT2D eigenvalue weighted by Gasteiger charge is -2.21. The van der Waals surface area contributed by atoms with Gasteiger partial charge in [0.2, 0.25) is 5.91 Å². The van der Waals surface area contributed by atoms with Crippen molar-refractivity contribution in [3.05, 3.63) is 21.9 Å². The highest BCUT2D eigenvalue weighted by Crippen LogP contribution is 2.17. The number of hydrogen-bond acceptors (Lipinski definition) is 4. The number of carbonyl (C=O) groups is 2. The van der Waals surface area contributed by atoms with Gasteiger partial charge in [-0.1, -0.05) is 13.8 Å². The molecule has 0 bridgehead atoms. The van der Waals surface area contributed by atoms with Crippen LogP contribution in [0, 0.1) is 5.92 Å². The van der Waals surface area contributed by atoms with E-state index in [1.165, 1.54) is 18.3 Å². The van der Waals surface area contributed by atoms with E-state index in [0.717, 1.165) is 4.88 Å². The maximum absolute atomic E-state index is 12.1. The minimum atomic E-state index is -0.128. The lowest BCUT2D eigenvalue weighted by atomic mass is 10.0. The third kappa shape index (κ3) is 5.30. The number of aliphatic hydroxyl groups is 1. The predicted octanol–water partition coefficient (Wildman–Crippen LogP) is 1.52. The van der Waals surface area contributed by atoms with Gasteiger partial charge in [0.05, 0.1) is 11.4 Å². The summed E-state index contributed by atoms with van der Waals surface area (Å²) in [6.45, 7) is 5.98. The van der Waals surface area contributed by atoms with Crippen LogP contribution in [0.3, 0.4) is 0 Å². The van der Waals surface area contributed by atoms with Crippen LogP contribution >= 0.6 is 11.3 Å². The Hall–Kier alpha value is -1.40. The number of aliphatic hydroxyl groups excluding tert-OH is 1. The third-order valence-electron chi connectivity index (χ3n) is 2.96. The Balaban J connectivity index is 2.60. The summed E-state index contributed by atoms with van der Waals surface area (Å²) in [6, 6.07) is 3.56. The van der Waals surface area contributed by atoms with Gasteiger partial charge < -0.3 is 15.7 Å². The Labute approximate surface area is 123 Å². The quantitative estimate of drug-likeness (QED) is 0.714. The Kier molecular flexibility index (Phi) is 6.67. The Morgan fingerprint density at radius 3 is 2.60 bits per heavy atom. The highest BCUT2D eigenvalue weighted by molar-refractivity contribution is 7.14. The van der Waals surface area contributed by atoms with Crippen molar-refractivity contribution in [2.75, 3.05) is 6.61 Å². The summed E-state index contributed by atoms with van der Waals surface area (Å²) in [7, 11) is 0. The van der Waals surface area contributed by atoms with E-state index >= 15 is 0 Å². The molecular formula is C14H22N2O3S. The lowest BCUT2D eigenvalue weighted by molar-refractivity contribution is -0.119. The molecule has 1 rings (SSSR count). The van der Waals surface area contributed by atoms with Gasteiger partial charge in [-0.05, 0) is 24.5 Å². The maximum Gasteiger partial charge on any atom is 0.261 e. The molecule has 1 atom stereocenters. The average molecular weight is 298 g/mol. The van der Waals surface area contributed by atoms with Crippen LogP contribution in [0.2, 0.25) is 0 Å². The topological polar surface area (TPSA) is 78.4 Å². The van der Waals surface area contributed by atoms with Gasteiger partial charge in [0.1, 0.15) is 0 Å². The van der Waals surface area contributed by atoms with Gasteiger partial charge >= 0.3 is 0 Å². The molecule has 0 saturated heterocycles. The Bertz CT molecular complexity index is 457. The fourth-order valence-corrected chi connectivity index (χ4v) is 2.61. The fourth-order valence-electron chi connectivity index (χ4n) is 1.76. The fraction of sp³-hybridized carbons (Fsp3) is 0.571. The van der Waals surface area contributed by atoms with Crippen molar-refractivity contribution in [3.8, 4) is 0 Å². The minimum absolute atomic E-state index is 0.0339. The molecule has 20 heavy (non-hydrogen) atoms. The van der Waals surface area contributed by atoms with Gasteiger partial charge in [0.15, 0.2) is 0 Å². The summed E-state index contributed by atoms with van der Waals surface area (Å²) in [6.07, 6.45) is 0.549. The highest BCUT2D eigenvalue weighted by Gasteiger charge is 2.17. The van der Waals surface area contributed by atoms with Crippen molar-refractivity contribution in [3.63, 3.8) is 0 Å². The first-order chi connectivity index (χ1) is 9.43. The Morgan fingerprint density at radius 1 is 1.35 bits per heavy atom. The number of thiophene rings is 1. The second-order valence-electron chi connectivity index (χ2n) is 5.01. The largest absolute Gasteiger partial charge is 0.396 e. The first-order valence-corrected chi connectivity index (χ1v) is 7.50. The van der Waals surface area contributed by atoms with Crippen molar-refractivity contribution in [2.45, 2.75) is 39.8 Å². The molecule has 1 aromatic rings. The van der Waals surface area contributed by atoms with Gasteiger partial charge in [-0.2, -0.15) is 0 Å². The van der Waals surface area contributed by atoms with Gasteiger partial charge in [0, 0.05) is 24.4 Å². The van der Waals surface area contributed by atoms with E-state index in [4.69, 9.17) is 5.11 Å². The summed E-state index contributed by atoms with van der Waals surface area (Å²) in [5.74, 6) is 0.0494. The molecule has 0 fully saturated rings. The molecule has 6 heteroatoms. The van der Waals surface area contributed by atoms with Crippen molar-refractivity contribution < 1.29 is 14.7 Å². The summed E-state index contributed by atoms with van der Waals surface area (Å²) in [4.78, 5) is 24.5. The minimum Gasteiger partial charge on any atom is -0.396 e. The van der Waals surface area contributed by atoms with E-state index in [1.54, 1.807) is 6.07 Å². The number of carbonyl (C=O) groups excluding carboxylic acids is 2. The number of nitrogens with one attached hydrogen (secondary N) is 2. The molecule has 0 aliphatic heterocycles. The second kappa shape index (κ2) is 8.01. The SMILES string of the molecule is CC(=O)NCc1ccc(C(=O)NC(CCO)C(C)C)s1. The normalized spacial score (nSPS) is 12.2. The average Bonchev–Trinajstić information content (AvgIpc) is 2.84. The zero-order valence-corrected chi connectivity index (χ0v) is 12.9. The number of hydrogen-bond donors (Lipinski definition) is 3. The number of rotatable bonds is 7. The monoisotopic (exact) mass is 298 g/mol. The van der Waals surface area contributed by atoms with Gasteiger partial charge in [0.25, 0.3) is 5.91 Å². The summed E-state index contributed by atoms with van der Waals surface area (Å²) in [5, 5.41) is 14.6. The molecule has 1 heterocycles. The second-order valence-corrected chi connectivity index (χ2v) is 6.18. The van der Waals surface area contributed by atoms with Crippen LogP contribution in [0.25, 0.3) is 0 Å². The van der Waals surface area contributed by atoms with Crippen molar-refractivity contribution in [1.29, 1.82) is 0 Å². The molecule has 0 aliphatic carbocycles. The molecular weight excluding hydrogens is 276 g/mol. The highest BCUT2D eigenvalue weighted by atomic mass is 32.1. The van der Waals surface area contributed by atoms with Gasteiger partial charge in [-0.3, -0.25) is 9.59 Å². The van der Waals surface area contributed by atoms with E-state index in [2.05, 4.69) is 10.6 Å². The molecule has 112 valence electrons. The molecule has 2 amide bonds. The summed E-state index contributed by atoms with van der Waals surface area (Å²) < 4.78 is 0. The molecule has 0 aromatic carbocycles. The van der Waals surface area contributed by atoms with E-state index in [1.807, 2.05) is 19.9 Å². The number of amides is 2. The van der Waals surface area contributed by atoms with E-state index < -0.39 is 0 Å². The molecule has 0 saturated carbocycles. The summed E-state index contributed by atoms with van der Waals surface area (Å²) >= 11 is 1.37. The first-order valence-electron chi connectivity index (χ1n) is 6.69. The molecule has 3 N–H and O–H groups in total. The summed E-state index contributed by atoms with van der Waals surface area (Å²) in [5.41, 5.74) is 0. The van der Waals surface area contributed by atoms with Crippen molar-refractivity contribution in [2.24, 2.45) is 5.92 Å². The van der Waals surface area contributed by atoms with Gasteiger partial charge in [-0.25, -0.2) is 0 Å².